The summed E-state index contributed by atoms with van der Waals surface area (Å²) in [5.74, 6) is 0.312. The maximum Gasteiger partial charge on any atom is 0.267 e. The SMILES string of the molecule is CC(CCc1ccccc1)NC(=O)Cn1nc(-c2ccco2)ccc1=O. The fourth-order valence-electron chi connectivity index (χ4n) is 2.67. The highest BCUT2D eigenvalue weighted by molar-refractivity contribution is 5.75. The third-order valence-corrected chi connectivity index (χ3v) is 4.05. The van der Waals surface area contributed by atoms with Crippen molar-refractivity contribution in [3.05, 3.63) is 76.8 Å². The number of nitrogens with one attached hydrogen (secondary N) is 1. The van der Waals surface area contributed by atoms with Crippen molar-refractivity contribution >= 4 is 5.91 Å². The van der Waals surface area contributed by atoms with E-state index in [9.17, 15) is 9.59 Å². The average molecular weight is 351 g/mol. The Hall–Kier alpha value is -3.15. The van der Waals surface area contributed by atoms with Crippen molar-refractivity contribution in [2.75, 3.05) is 0 Å². The van der Waals surface area contributed by atoms with E-state index in [4.69, 9.17) is 4.42 Å². The Balaban J connectivity index is 1.57. The third-order valence-electron chi connectivity index (χ3n) is 4.05. The number of carbonyl (C=O) groups excluding carboxylic acids is 1. The number of nitrogens with zero attached hydrogens (tertiary/aromatic N) is 2. The Morgan fingerprint density at radius 3 is 2.69 bits per heavy atom. The molecule has 0 radical (unpaired) electrons. The van der Waals surface area contributed by atoms with Crippen molar-refractivity contribution < 1.29 is 9.21 Å². The smallest absolute Gasteiger partial charge is 0.267 e. The van der Waals surface area contributed by atoms with E-state index in [-0.39, 0.29) is 24.1 Å². The average Bonchev–Trinajstić information content (AvgIpc) is 3.17. The molecule has 0 saturated heterocycles. The van der Waals surface area contributed by atoms with Crippen LogP contribution in [0.25, 0.3) is 11.5 Å². The summed E-state index contributed by atoms with van der Waals surface area (Å²) in [6.07, 6.45) is 3.24. The van der Waals surface area contributed by atoms with Crippen LogP contribution in [0.5, 0.6) is 0 Å². The number of rotatable bonds is 7. The number of benzene rings is 1. The van der Waals surface area contributed by atoms with Crippen LogP contribution in [0.2, 0.25) is 0 Å². The van der Waals surface area contributed by atoms with Gasteiger partial charge in [-0.3, -0.25) is 9.59 Å². The van der Waals surface area contributed by atoms with E-state index in [2.05, 4.69) is 22.5 Å². The van der Waals surface area contributed by atoms with Gasteiger partial charge in [0.1, 0.15) is 12.2 Å². The largest absolute Gasteiger partial charge is 0.463 e. The van der Waals surface area contributed by atoms with Crippen molar-refractivity contribution in [1.29, 1.82) is 0 Å². The first-order valence-corrected chi connectivity index (χ1v) is 8.57. The molecule has 26 heavy (non-hydrogen) atoms. The predicted molar refractivity (Wildman–Crippen MR) is 98.6 cm³/mol. The van der Waals surface area contributed by atoms with Crippen molar-refractivity contribution in [2.24, 2.45) is 0 Å². The van der Waals surface area contributed by atoms with Crippen LogP contribution >= 0.6 is 0 Å². The quantitative estimate of drug-likeness (QED) is 0.710. The summed E-state index contributed by atoms with van der Waals surface area (Å²) in [5.41, 5.74) is 1.42. The Morgan fingerprint density at radius 2 is 1.96 bits per heavy atom. The van der Waals surface area contributed by atoms with Gasteiger partial charge in [-0.05, 0) is 43.5 Å². The normalized spacial score (nSPS) is 11.9. The Kier molecular flexibility index (Phi) is 5.63. The van der Waals surface area contributed by atoms with Gasteiger partial charge in [-0.1, -0.05) is 30.3 Å². The molecule has 0 saturated carbocycles. The molecule has 0 fully saturated rings. The molecule has 2 aromatic heterocycles. The van der Waals surface area contributed by atoms with Crippen LogP contribution in [0.15, 0.2) is 70.1 Å². The second kappa shape index (κ2) is 8.29. The lowest BCUT2D eigenvalue weighted by Gasteiger charge is -2.14. The van der Waals surface area contributed by atoms with E-state index in [0.717, 1.165) is 17.5 Å². The molecule has 3 aromatic rings. The molecule has 3 rings (SSSR count). The Morgan fingerprint density at radius 1 is 1.15 bits per heavy atom. The van der Waals surface area contributed by atoms with Gasteiger partial charge in [0.2, 0.25) is 5.91 Å². The lowest BCUT2D eigenvalue weighted by Crippen LogP contribution is -2.38. The highest BCUT2D eigenvalue weighted by Crippen LogP contribution is 2.15. The van der Waals surface area contributed by atoms with Gasteiger partial charge in [0, 0.05) is 12.1 Å². The highest BCUT2D eigenvalue weighted by Gasteiger charge is 2.11. The first kappa shape index (κ1) is 17.7. The molecule has 1 aromatic carbocycles. The summed E-state index contributed by atoms with van der Waals surface area (Å²) >= 11 is 0. The summed E-state index contributed by atoms with van der Waals surface area (Å²) in [7, 11) is 0. The minimum Gasteiger partial charge on any atom is -0.463 e. The van der Waals surface area contributed by atoms with E-state index in [1.807, 2.05) is 25.1 Å². The zero-order valence-electron chi connectivity index (χ0n) is 14.6. The van der Waals surface area contributed by atoms with Gasteiger partial charge in [0.15, 0.2) is 5.76 Å². The summed E-state index contributed by atoms with van der Waals surface area (Å²) in [5, 5.41) is 7.12. The predicted octanol–water partition coefficient (Wildman–Crippen LogP) is 2.64. The number of hydrogen-bond donors (Lipinski definition) is 1. The first-order valence-electron chi connectivity index (χ1n) is 8.57. The van der Waals surface area contributed by atoms with Crippen LogP contribution in [0.1, 0.15) is 18.9 Å². The zero-order valence-corrected chi connectivity index (χ0v) is 14.6. The first-order chi connectivity index (χ1) is 12.6. The molecule has 6 heteroatoms. The molecule has 1 unspecified atom stereocenters. The molecule has 0 aliphatic rings. The molecule has 6 nitrogen and oxygen atoms in total. The molecule has 0 spiro atoms. The van der Waals surface area contributed by atoms with Crippen molar-refractivity contribution in [3.8, 4) is 11.5 Å². The maximum absolute atomic E-state index is 12.2. The number of carbonyl (C=O) groups is 1. The zero-order chi connectivity index (χ0) is 18.4. The fraction of sp³-hybridized carbons (Fsp3) is 0.250. The number of hydrogen-bond acceptors (Lipinski definition) is 4. The Bertz CT molecular complexity index is 902. The molecule has 1 N–H and O–H groups in total. The molecule has 2 heterocycles. The van der Waals surface area contributed by atoms with Crippen LogP contribution in [0.4, 0.5) is 0 Å². The van der Waals surface area contributed by atoms with Crippen molar-refractivity contribution in [2.45, 2.75) is 32.4 Å². The molecule has 0 aliphatic carbocycles. The van der Waals surface area contributed by atoms with Crippen molar-refractivity contribution in [1.82, 2.24) is 15.1 Å². The number of aromatic nitrogens is 2. The topological polar surface area (TPSA) is 77.1 Å². The Labute approximate surface area is 151 Å². The van der Waals surface area contributed by atoms with Crippen LogP contribution < -0.4 is 10.9 Å². The second-order valence-electron chi connectivity index (χ2n) is 6.18. The van der Waals surface area contributed by atoms with Gasteiger partial charge in [0.25, 0.3) is 5.56 Å². The van der Waals surface area contributed by atoms with Crippen LogP contribution in [-0.2, 0) is 17.8 Å². The van der Waals surface area contributed by atoms with Gasteiger partial charge < -0.3 is 9.73 Å². The van der Waals surface area contributed by atoms with E-state index >= 15 is 0 Å². The monoisotopic (exact) mass is 351 g/mol. The van der Waals surface area contributed by atoms with Crippen LogP contribution in [-0.4, -0.2) is 21.7 Å². The molecular formula is C20H21N3O3. The molecule has 1 amide bonds. The van der Waals surface area contributed by atoms with E-state index in [0.29, 0.717) is 11.5 Å². The van der Waals surface area contributed by atoms with E-state index < -0.39 is 0 Å². The summed E-state index contributed by atoms with van der Waals surface area (Å²) in [6, 6.07) is 16.6. The van der Waals surface area contributed by atoms with Gasteiger partial charge in [-0.2, -0.15) is 5.10 Å². The summed E-state index contributed by atoms with van der Waals surface area (Å²) in [6.45, 7) is 1.83. The van der Waals surface area contributed by atoms with E-state index in [1.165, 1.54) is 17.9 Å². The molecule has 0 bridgehead atoms. The second-order valence-corrected chi connectivity index (χ2v) is 6.18. The fourth-order valence-corrected chi connectivity index (χ4v) is 2.67. The van der Waals surface area contributed by atoms with Crippen LogP contribution in [0, 0.1) is 0 Å². The summed E-state index contributed by atoms with van der Waals surface area (Å²) < 4.78 is 6.43. The van der Waals surface area contributed by atoms with Gasteiger partial charge in [0.05, 0.1) is 6.26 Å². The lowest BCUT2D eigenvalue weighted by molar-refractivity contribution is -0.122. The standard InChI is InChI=1S/C20H21N3O3/c1-15(9-10-16-6-3-2-4-7-16)21-19(24)14-23-20(25)12-11-17(22-23)18-8-5-13-26-18/h2-8,11-13,15H,9-10,14H2,1H3,(H,21,24). The minimum atomic E-state index is -0.326. The van der Waals surface area contributed by atoms with Gasteiger partial charge in [-0.25, -0.2) is 4.68 Å². The molecule has 134 valence electrons. The maximum atomic E-state index is 12.2. The van der Waals surface area contributed by atoms with Crippen molar-refractivity contribution in [3.63, 3.8) is 0 Å². The third kappa shape index (κ3) is 4.69. The lowest BCUT2D eigenvalue weighted by atomic mass is 10.1. The number of aryl methyl sites for hydroxylation is 1. The highest BCUT2D eigenvalue weighted by atomic mass is 16.3. The molecular weight excluding hydrogens is 330 g/mol. The molecule has 0 aliphatic heterocycles. The van der Waals surface area contributed by atoms with Crippen LogP contribution in [0.3, 0.4) is 0 Å². The number of furan rings is 1. The minimum absolute atomic E-state index is 0.00617. The molecule has 1 atom stereocenters. The van der Waals surface area contributed by atoms with E-state index in [1.54, 1.807) is 18.2 Å². The summed E-state index contributed by atoms with van der Waals surface area (Å²) in [4.78, 5) is 24.2. The van der Waals surface area contributed by atoms with Gasteiger partial charge in [-0.15, -0.1) is 0 Å². The number of amides is 1. The van der Waals surface area contributed by atoms with Gasteiger partial charge >= 0.3 is 0 Å².